The van der Waals surface area contributed by atoms with Crippen LogP contribution in [0.3, 0.4) is 0 Å². The van der Waals surface area contributed by atoms with Crippen molar-refractivity contribution in [2.45, 2.75) is 44.0 Å². The number of halogens is 3. The number of nitrogens with zero attached hydrogens (tertiary/aromatic N) is 2. The normalized spacial score (nSPS) is 22.9. The number of hydrogen-bond donors (Lipinski definition) is 4. The monoisotopic (exact) mass is 742 g/mol. The Morgan fingerprint density at radius 3 is 2.69 bits per heavy atom. The van der Waals surface area contributed by atoms with Gasteiger partial charge in [-0.1, -0.05) is 73.4 Å². The average molecular weight is 744 g/mol. The summed E-state index contributed by atoms with van der Waals surface area (Å²) in [5, 5.41) is 8.17. The Labute approximate surface area is 291 Å². The lowest BCUT2D eigenvalue weighted by Crippen LogP contribution is -2.45. The molecule has 0 radical (unpaired) electrons. The zero-order chi connectivity index (χ0) is 32.8. The molecule has 0 saturated heterocycles. The SMILES string of the molecule is CC(C)[C@@H]1NC(=O)[C@@H](N)Cc2cc(Br)c3c(c2)C24c5cccc(c5NC2O3)-c2cccc3[nH]c(Cl)c(c23)-c2oc(nc2Cl)-c2nc1oc24. The maximum Gasteiger partial charge on any atom is 0.250 e. The Bertz CT molecular complexity index is 2420. The van der Waals surface area contributed by atoms with Gasteiger partial charge in [-0.3, -0.25) is 4.79 Å². The average Bonchev–Trinajstić information content (AvgIpc) is 3.84. The van der Waals surface area contributed by atoms with Crippen molar-refractivity contribution in [2.24, 2.45) is 11.7 Å². The summed E-state index contributed by atoms with van der Waals surface area (Å²) in [7, 11) is 0. The van der Waals surface area contributed by atoms with E-state index in [0.717, 1.165) is 48.9 Å². The maximum absolute atomic E-state index is 13.5. The summed E-state index contributed by atoms with van der Waals surface area (Å²) >= 11 is 17.6. The minimum atomic E-state index is -1.07. The number of aromatic amines is 1. The molecule has 13 heteroatoms. The Balaban J connectivity index is 1.41. The van der Waals surface area contributed by atoms with Crippen LogP contribution in [0.15, 0.2) is 61.8 Å². The summed E-state index contributed by atoms with van der Waals surface area (Å²) in [4.78, 5) is 26.6. The van der Waals surface area contributed by atoms with Crippen LogP contribution in [-0.4, -0.2) is 33.1 Å². The van der Waals surface area contributed by atoms with Gasteiger partial charge in [0.25, 0.3) is 5.89 Å². The van der Waals surface area contributed by atoms with Crippen molar-refractivity contribution in [1.29, 1.82) is 0 Å². The smallest absolute Gasteiger partial charge is 0.250 e. The Hall–Kier alpha value is -4.29. The molecule has 5 N–H and O–H groups in total. The van der Waals surface area contributed by atoms with E-state index < -0.39 is 23.7 Å². The minimum absolute atomic E-state index is 0.105. The van der Waals surface area contributed by atoms with Crippen LogP contribution in [0.2, 0.25) is 10.3 Å². The molecule has 6 aromatic rings. The molecule has 0 saturated carbocycles. The van der Waals surface area contributed by atoms with E-state index in [0.29, 0.717) is 40.1 Å². The predicted molar refractivity (Wildman–Crippen MR) is 184 cm³/mol. The molecule has 1 spiro atoms. The van der Waals surface area contributed by atoms with E-state index in [9.17, 15) is 4.79 Å². The molecule has 0 fully saturated rings. The van der Waals surface area contributed by atoms with Gasteiger partial charge in [0, 0.05) is 33.3 Å². The number of amides is 1. The first-order chi connectivity index (χ1) is 23.1. The molecular weight excluding hydrogens is 719 g/mol. The third-order valence-electron chi connectivity index (χ3n) is 10.0. The third-order valence-corrected chi connectivity index (χ3v) is 11.2. The highest BCUT2D eigenvalue weighted by atomic mass is 79.9. The Morgan fingerprint density at radius 2 is 1.85 bits per heavy atom. The van der Waals surface area contributed by atoms with Gasteiger partial charge >= 0.3 is 0 Å². The summed E-state index contributed by atoms with van der Waals surface area (Å²) in [5.74, 6) is 1.40. The van der Waals surface area contributed by atoms with Gasteiger partial charge in [0.15, 0.2) is 28.6 Å². The van der Waals surface area contributed by atoms with E-state index in [2.05, 4.69) is 55.8 Å². The Morgan fingerprint density at radius 1 is 1.04 bits per heavy atom. The van der Waals surface area contributed by atoms with Crippen LogP contribution in [0.5, 0.6) is 5.75 Å². The molecule has 10 bridgehead atoms. The maximum atomic E-state index is 13.5. The molecular formula is C35H25BrCl2N6O4. The number of rotatable bonds is 1. The molecule has 240 valence electrons. The van der Waals surface area contributed by atoms with Crippen LogP contribution < -0.4 is 21.1 Å². The van der Waals surface area contributed by atoms with Gasteiger partial charge in [-0.15, -0.1) is 0 Å². The zero-order valence-electron chi connectivity index (χ0n) is 25.4. The van der Waals surface area contributed by atoms with Gasteiger partial charge in [0.05, 0.1) is 16.1 Å². The van der Waals surface area contributed by atoms with E-state index in [1.807, 2.05) is 38.1 Å². The highest BCUT2D eigenvalue weighted by Crippen LogP contribution is 2.63. The fourth-order valence-electron chi connectivity index (χ4n) is 7.92. The van der Waals surface area contributed by atoms with Gasteiger partial charge in [-0.05, 0) is 51.5 Å². The first-order valence-electron chi connectivity index (χ1n) is 15.6. The Kier molecular flexibility index (Phi) is 5.77. The third kappa shape index (κ3) is 3.54. The van der Waals surface area contributed by atoms with Gasteiger partial charge in [0.2, 0.25) is 11.8 Å². The van der Waals surface area contributed by atoms with Crippen molar-refractivity contribution in [3.05, 3.63) is 91.7 Å². The van der Waals surface area contributed by atoms with E-state index in [1.54, 1.807) is 0 Å². The highest BCUT2D eigenvalue weighted by molar-refractivity contribution is 9.10. The number of anilines is 1. The number of carbonyl (C=O) groups excluding carboxylic acids is 1. The number of carbonyl (C=O) groups is 1. The lowest BCUT2D eigenvalue weighted by Gasteiger charge is -2.28. The van der Waals surface area contributed by atoms with E-state index in [1.165, 1.54) is 0 Å². The van der Waals surface area contributed by atoms with Crippen molar-refractivity contribution in [3.63, 3.8) is 0 Å². The van der Waals surface area contributed by atoms with Crippen molar-refractivity contribution >= 4 is 61.6 Å². The summed E-state index contributed by atoms with van der Waals surface area (Å²) in [5.41, 5.74) is 12.5. The van der Waals surface area contributed by atoms with Crippen molar-refractivity contribution in [3.8, 4) is 39.8 Å². The van der Waals surface area contributed by atoms with Crippen LogP contribution in [0.1, 0.15) is 48.2 Å². The molecule has 4 aliphatic heterocycles. The number of para-hydroxylation sites is 1. The van der Waals surface area contributed by atoms with Crippen LogP contribution in [0.25, 0.3) is 44.9 Å². The number of aromatic nitrogens is 3. The number of fused-ring (bicyclic) bond motifs is 7. The van der Waals surface area contributed by atoms with E-state index >= 15 is 0 Å². The minimum Gasteiger partial charge on any atom is -0.467 e. The molecule has 1 amide bonds. The fourth-order valence-corrected chi connectivity index (χ4v) is 9.01. The first-order valence-corrected chi connectivity index (χ1v) is 17.1. The number of ether oxygens (including phenoxy) is 1. The summed E-state index contributed by atoms with van der Waals surface area (Å²) in [6, 6.07) is 14.8. The first kappa shape index (κ1) is 28.7. The molecule has 0 aliphatic carbocycles. The molecule has 10 rings (SSSR count). The number of hydrogen-bond acceptors (Lipinski definition) is 8. The second kappa shape index (κ2) is 9.66. The van der Waals surface area contributed by atoms with Crippen molar-refractivity contribution in [2.75, 3.05) is 5.32 Å². The van der Waals surface area contributed by atoms with Crippen LogP contribution in [0, 0.1) is 5.92 Å². The van der Waals surface area contributed by atoms with Crippen LogP contribution >= 0.6 is 39.1 Å². The predicted octanol–water partition coefficient (Wildman–Crippen LogP) is 7.70. The lowest BCUT2D eigenvalue weighted by atomic mass is 9.72. The van der Waals surface area contributed by atoms with Crippen molar-refractivity contribution < 1.29 is 18.4 Å². The quantitative estimate of drug-likeness (QED) is 0.134. The number of benzene rings is 3. The molecule has 3 aromatic heterocycles. The fraction of sp³-hybridized carbons (Fsp3) is 0.229. The number of nitrogens with two attached hydrogens (primary N) is 1. The second-order valence-corrected chi connectivity index (χ2v) is 14.7. The largest absolute Gasteiger partial charge is 0.467 e. The van der Waals surface area contributed by atoms with Gasteiger partial charge in [-0.25, -0.2) is 4.98 Å². The second-order valence-electron chi connectivity index (χ2n) is 13.1. The van der Waals surface area contributed by atoms with Gasteiger partial charge in [-0.2, -0.15) is 4.98 Å². The van der Waals surface area contributed by atoms with Crippen LogP contribution in [0.4, 0.5) is 5.69 Å². The molecule has 48 heavy (non-hydrogen) atoms. The van der Waals surface area contributed by atoms with Gasteiger partial charge in [0.1, 0.15) is 22.4 Å². The summed E-state index contributed by atoms with van der Waals surface area (Å²) in [6.45, 7) is 3.97. The molecule has 2 unspecified atom stereocenters. The van der Waals surface area contributed by atoms with Gasteiger partial charge < -0.3 is 34.9 Å². The molecule has 10 nitrogen and oxygen atoms in total. The standard InChI is InChI=1S/C35H25BrCl2N6O4/c1-12(2)23-32-42-25-28(48-32)35-16-7-3-6-15(14-5-4-8-20-21(14)22(29(37)40-20)27-30(38)44-33(25)46-27)24(16)43-34(35)47-26-17(35)9-13(10-18(26)36)11-19(39)31(45)41-23/h3-10,12,19,23,34,40,43H,11,39H2,1-2H3,(H,41,45)/t19-,23-,34?,35?/m0/s1. The van der Waals surface area contributed by atoms with E-state index in [4.69, 9.17) is 52.5 Å². The topological polar surface area (TPSA) is 144 Å². The number of nitrogens with one attached hydrogen (secondary N) is 3. The van der Waals surface area contributed by atoms with Crippen molar-refractivity contribution in [1.82, 2.24) is 20.3 Å². The summed E-state index contributed by atoms with van der Waals surface area (Å²) in [6.07, 6.45) is -0.349. The van der Waals surface area contributed by atoms with Crippen LogP contribution in [-0.2, 0) is 16.6 Å². The zero-order valence-corrected chi connectivity index (χ0v) is 28.5. The molecule has 3 aromatic carbocycles. The summed E-state index contributed by atoms with van der Waals surface area (Å²) < 4.78 is 21.1. The number of oxazole rings is 2. The highest BCUT2D eigenvalue weighted by Gasteiger charge is 2.62. The molecule has 4 aliphatic rings. The number of H-pyrrole nitrogens is 1. The lowest BCUT2D eigenvalue weighted by molar-refractivity contribution is -0.123. The molecule has 4 atom stereocenters. The molecule has 7 heterocycles. The van der Waals surface area contributed by atoms with E-state index in [-0.39, 0.29) is 28.8 Å².